The molecular weight excluding hydrogens is 318 g/mol. The summed E-state index contributed by atoms with van der Waals surface area (Å²) < 4.78 is 5.47. The van der Waals surface area contributed by atoms with Gasteiger partial charge in [-0.2, -0.15) is 0 Å². The largest absolute Gasteiger partial charge is 0.375 e. The molecule has 2 fully saturated rings. The molecule has 7 heteroatoms. The van der Waals surface area contributed by atoms with Gasteiger partial charge in [0.2, 0.25) is 11.8 Å². The van der Waals surface area contributed by atoms with E-state index in [-0.39, 0.29) is 17.9 Å². The van der Waals surface area contributed by atoms with Gasteiger partial charge in [0.1, 0.15) is 12.1 Å². The van der Waals surface area contributed by atoms with Gasteiger partial charge in [-0.1, -0.05) is 23.7 Å². The fourth-order valence-corrected chi connectivity index (χ4v) is 3.25. The molecule has 6 nitrogen and oxygen atoms in total. The Morgan fingerprint density at radius 2 is 2.22 bits per heavy atom. The number of anilines is 1. The molecule has 0 bridgehead atoms. The molecule has 2 aliphatic heterocycles. The maximum Gasteiger partial charge on any atom is 0.249 e. The highest BCUT2D eigenvalue weighted by Gasteiger charge is 2.37. The summed E-state index contributed by atoms with van der Waals surface area (Å²) in [6.45, 7) is 3.61. The molecule has 124 valence electrons. The molecule has 3 rings (SSSR count). The van der Waals surface area contributed by atoms with Gasteiger partial charge in [0.25, 0.3) is 0 Å². The maximum atomic E-state index is 12.6. The number of morpholine rings is 1. The zero-order chi connectivity index (χ0) is 16.4. The van der Waals surface area contributed by atoms with Gasteiger partial charge < -0.3 is 20.3 Å². The summed E-state index contributed by atoms with van der Waals surface area (Å²) in [7, 11) is 0. The number of nitrogens with one attached hydrogen (secondary N) is 2. The standard InChI is InChI=1S/C16H20ClN3O3/c1-10-14(18-7-9-23-10)15(21)19-12-6-8-20(16(12)22)13-5-3-2-4-11(13)17/h2-5,10,12,14,18H,6-9H2,1H3,(H,19,21)/t10-,12?,14+/m1/s1. The lowest BCUT2D eigenvalue weighted by Crippen LogP contribution is -2.57. The SMILES string of the molecule is C[C@H]1OCCN[C@@H]1C(=O)NC1CCN(c2ccccc2Cl)C1=O. The van der Waals surface area contributed by atoms with Crippen molar-refractivity contribution >= 4 is 29.1 Å². The van der Waals surface area contributed by atoms with Crippen LogP contribution in [0.15, 0.2) is 24.3 Å². The number of benzene rings is 1. The average molecular weight is 338 g/mol. The number of ether oxygens (including phenoxy) is 1. The summed E-state index contributed by atoms with van der Waals surface area (Å²) in [4.78, 5) is 26.6. The highest BCUT2D eigenvalue weighted by molar-refractivity contribution is 6.34. The highest BCUT2D eigenvalue weighted by Crippen LogP contribution is 2.29. The topological polar surface area (TPSA) is 70.7 Å². The van der Waals surface area contributed by atoms with Gasteiger partial charge in [0, 0.05) is 13.1 Å². The number of hydrogen-bond acceptors (Lipinski definition) is 4. The molecule has 0 aliphatic carbocycles. The van der Waals surface area contributed by atoms with Crippen LogP contribution in [0, 0.1) is 0 Å². The Kier molecular flexibility index (Phi) is 4.84. The minimum Gasteiger partial charge on any atom is -0.375 e. The second-order valence-corrected chi connectivity index (χ2v) is 6.21. The zero-order valence-electron chi connectivity index (χ0n) is 12.9. The van der Waals surface area contributed by atoms with Crippen LogP contribution in [-0.2, 0) is 14.3 Å². The lowest BCUT2D eigenvalue weighted by Gasteiger charge is -2.30. The number of carbonyl (C=O) groups excluding carboxylic acids is 2. The number of rotatable bonds is 3. The first-order chi connectivity index (χ1) is 11.1. The molecule has 23 heavy (non-hydrogen) atoms. The van der Waals surface area contributed by atoms with Gasteiger partial charge >= 0.3 is 0 Å². The second kappa shape index (κ2) is 6.86. The van der Waals surface area contributed by atoms with E-state index in [1.165, 1.54) is 0 Å². The van der Waals surface area contributed by atoms with E-state index in [1.54, 1.807) is 11.0 Å². The van der Waals surface area contributed by atoms with Gasteiger partial charge in [0.15, 0.2) is 0 Å². The molecule has 2 heterocycles. The summed E-state index contributed by atoms with van der Waals surface area (Å²) in [5.74, 6) is -0.326. The molecule has 0 spiro atoms. The predicted octanol–water partition coefficient (Wildman–Crippen LogP) is 0.938. The quantitative estimate of drug-likeness (QED) is 0.861. The van der Waals surface area contributed by atoms with E-state index in [0.717, 1.165) is 0 Å². The number of nitrogens with zero attached hydrogens (tertiary/aromatic N) is 1. The third-order valence-corrected chi connectivity index (χ3v) is 4.58. The average Bonchev–Trinajstić information content (AvgIpc) is 2.89. The summed E-state index contributed by atoms with van der Waals surface area (Å²) >= 11 is 6.16. The van der Waals surface area contributed by atoms with Crippen molar-refractivity contribution < 1.29 is 14.3 Å². The van der Waals surface area contributed by atoms with Crippen molar-refractivity contribution in [2.45, 2.75) is 31.5 Å². The number of hydrogen-bond donors (Lipinski definition) is 2. The predicted molar refractivity (Wildman–Crippen MR) is 87.6 cm³/mol. The van der Waals surface area contributed by atoms with Crippen LogP contribution in [0.25, 0.3) is 0 Å². The number of halogens is 1. The summed E-state index contributed by atoms with van der Waals surface area (Å²) in [5.41, 5.74) is 0.684. The highest BCUT2D eigenvalue weighted by atomic mass is 35.5. The molecule has 2 saturated heterocycles. The van der Waals surface area contributed by atoms with Crippen molar-refractivity contribution in [2.75, 3.05) is 24.6 Å². The van der Waals surface area contributed by atoms with Gasteiger partial charge in [-0.3, -0.25) is 9.59 Å². The molecule has 3 atom stereocenters. The van der Waals surface area contributed by atoms with E-state index in [4.69, 9.17) is 16.3 Å². The van der Waals surface area contributed by atoms with Crippen LogP contribution in [0.2, 0.25) is 5.02 Å². The lowest BCUT2D eigenvalue weighted by molar-refractivity contribution is -0.132. The third-order valence-electron chi connectivity index (χ3n) is 4.26. The van der Waals surface area contributed by atoms with Crippen molar-refractivity contribution in [3.05, 3.63) is 29.3 Å². The minimum atomic E-state index is -0.519. The molecular formula is C16H20ClN3O3. The first-order valence-corrected chi connectivity index (χ1v) is 8.17. The fraction of sp³-hybridized carbons (Fsp3) is 0.500. The number of amides is 2. The lowest BCUT2D eigenvalue weighted by atomic mass is 10.1. The Bertz CT molecular complexity index is 610. The maximum absolute atomic E-state index is 12.6. The van der Waals surface area contributed by atoms with E-state index in [2.05, 4.69) is 10.6 Å². The number of para-hydroxylation sites is 1. The Hall–Kier alpha value is -1.63. The minimum absolute atomic E-state index is 0.129. The van der Waals surface area contributed by atoms with Crippen molar-refractivity contribution in [1.82, 2.24) is 10.6 Å². The molecule has 2 N–H and O–H groups in total. The van der Waals surface area contributed by atoms with E-state index in [1.807, 2.05) is 25.1 Å². The molecule has 0 saturated carbocycles. The third kappa shape index (κ3) is 3.34. The monoisotopic (exact) mass is 337 g/mol. The van der Waals surface area contributed by atoms with Gasteiger partial charge in [-0.25, -0.2) is 0 Å². The van der Waals surface area contributed by atoms with Gasteiger partial charge in [-0.05, 0) is 25.5 Å². The van der Waals surface area contributed by atoms with E-state index in [9.17, 15) is 9.59 Å². The first kappa shape index (κ1) is 16.2. The van der Waals surface area contributed by atoms with E-state index in [0.29, 0.717) is 36.8 Å². The molecule has 1 unspecified atom stereocenters. The van der Waals surface area contributed by atoms with E-state index >= 15 is 0 Å². The van der Waals surface area contributed by atoms with Crippen molar-refractivity contribution in [1.29, 1.82) is 0 Å². The summed E-state index contributed by atoms with van der Waals surface area (Å²) in [5, 5.41) is 6.49. The second-order valence-electron chi connectivity index (χ2n) is 5.80. The Labute approximate surface area is 140 Å². The van der Waals surface area contributed by atoms with Gasteiger partial charge in [-0.15, -0.1) is 0 Å². The molecule has 2 amide bonds. The summed E-state index contributed by atoms with van der Waals surface area (Å²) in [6, 6.07) is 6.28. The molecule has 0 radical (unpaired) electrons. The summed E-state index contributed by atoms with van der Waals surface area (Å²) in [6.07, 6.45) is 0.359. The molecule has 2 aliphatic rings. The van der Waals surface area contributed by atoms with Crippen LogP contribution in [0.1, 0.15) is 13.3 Å². The molecule has 0 aromatic heterocycles. The van der Waals surface area contributed by atoms with Crippen LogP contribution in [0.4, 0.5) is 5.69 Å². The molecule has 1 aromatic rings. The first-order valence-electron chi connectivity index (χ1n) is 7.79. The van der Waals surface area contributed by atoms with E-state index < -0.39 is 12.1 Å². The van der Waals surface area contributed by atoms with Crippen molar-refractivity contribution in [3.8, 4) is 0 Å². The Balaban J connectivity index is 1.65. The van der Waals surface area contributed by atoms with Crippen LogP contribution in [0.3, 0.4) is 0 Å². The van der Waals surface area contributed by atoms with Crippen LogP contribution in [0.5, 0.6) is 0 Å². The van der Waals surface area contributed by atoms with Crippen LogP contribution < -0.4 is 15.5 Å². The van der Waals surface area contributed by atoms with Gasteiger partial charge in [0.05, 0.1) is 23.4 Å². The normalized spacial score (nSPS) is 28.0. The smallest absolute Gasteiger partial charge is 0.249 e. The van der Waals surface area contributed by atoms with Crippen LogP contribution in [-0.4, -0.2) is 49.7 Å². The molecule has 1 aromatic carbocycles. The van der Waals surface area contributed by atoms with Crippen LogP contribution >= 0.6 is 11.6 Å². The fourth-order valence-electron chi connectivity index (χ4n) is 3.01. The Morgan fingerprint density at radius 1 is 1.43 bits per heavy atom. The van der Waals surface area contributed by atoms with Crippen molar-refractivity contribution in [2.24, 2.45) is 0 Å². The zero-order valence-corrected chi connectivity index (χ0v) is 13.7. The number of carbonyl (C=O) groups is 2. The Morgan fingerprint density at radius 3 is 2.96 bits per heavy atom. The van der Waals surface area contributed by atoms with Crippen molar-refractivity contribution in [3.63, 3.8) is 0 Å².